The Morgan fingerprint density at radius 2 is 1.82 bits per heavy atom. The Kier molecular flexibility index (Phi) is 8.56. The number of hydrogen-bond donors (Lipinski definition) is 0. The van der Waals surface area contributed by atoms with Crippen LogP contribution in [0.3, 0.4) is 0 Å². The first-order valence-electron chi connectivity index (χ1n) is 11.4. The second-order valence-electron chi connectivity index (χ2n) is 7.78. The number of rotatable bonds is 10. The van der Waals surface area contributed by atoms with Crippen molar-refractivity contribution in [3.05, 3.63) is 82.5 Å². The molecule has 2 aromatic carbocycles. The zero-order chi connectivity index (χ0) is 23.8. The van der Waals surface area contributed by atoms with E-state index in [-0.39, 0.29) is 12.4 Å². The van der Waals surface area contributed by atoms with E-state index >= 15 is 0 Å². The number of ether oxygens (including phenoxy) is 2. The van der Waals surface area contributed by atoms with Crippen molar-refractivity contribution in [1.29, 1.82) is 0 Å². The SMILES string of the molecule is CCOCCOc1c(N2CCN(SCc3ccccc3)CC2)cnn(-c2cccc(F)c2)c1=O. The van der Waals surface area contributed by atoms with E-state index in [0.29, 0.717) is 24.6 Å². The van der Waals surface area contributed by atoms with E-state index in [0.717, 1.165) is 31.9 Å². The molecule has 7 nitrogen and oxygen atoms in total. The third kappa shape index (κ3) is 6.16. The number of benzene rings is 2. The van der Waals surface area contributed by atoms with Crippen LogP contribution in [0.4, 0.5) is 10.1 Å². The van der Waals surface area contributed by atoms with Crippen LogP contribution in [0.25, 0.3) is 5.69 Å². The maximum atomic E-state index is 13.7. The Balaban J connectivity index is 1.49. The van der Waals surface area contributed by atoms with Gasteiger partial charge in [-0.3, -0.25) is 4.79 Å². The molecule has 0 atom stereocenters. The van der Waals surface area contributed by atoms with Crippen molar-refractivity contribution in [1.82, 2.24) is 14.1 Å². The molecule has 1 saturated heterocycles. The highest BCUT2D eigenvalue weighted by Crippen LogP contribution is 2.27. The minimum absolute atomic E-state index is 0.212. The number of piperazine rings is 1. The summed E-state index contributed by atoms with van der Waals surface area (Å²) in [5, 5.41) is 4.33. The summed E-state index contributed by atoms with van der Waals surface area (Å²) < 4.78 is 28.5. The molecule has 1 aliphatic rings. The van der Waals surface area contributed by atoms with Crippen molar-refractivity contribution >= 4 is 17.6 Å². The fraction of sp³-hybridized carbons (Fsp3) is 0.360. The highest BCUT2D eigenvalue weighted by molar-refractivity contribution is 7.96. The molecule has 0 bridgehead atoms. The molecule has 34 heavy (non-hydrogen) atoms. The van der Waals surface area contributed by atoms with Gasteiger partial charge < -0.3 is 14.4 Å². The van der Waals surface area contributed by atoms with E-state index in [9.17, 15) is 9.18 Å². The molecular formula is C25H29FN4O3S. The molecular weight excluding hydrogens is 455 g/mol. The lowest BCUT2D eigenvalue weighted by Crippen LogP contribution is -2.44. The Bertz CT molecular complexity index is 1120. The molecule has 1 aromatic heterocycles. The zero-order valence-electron chi connectivity index (χ0n) is 19.2. The lowest BCUT2D eigenvalue weighted by Gasteiger charge is -2.35. The summed E-state index contributed by atoms with van der Waals surface area (Å²) in [7, 11) is 0. The van der Waals surface area contributed by atoms with Crippen molar-refractivity contribution < 1.29 is 13.9 Å². The van der Waals surface area contributed by atoms with E-state index in [1.165, 1.54) is 22.4 Å². The van der Waals surface area contributed by atoms with E-state index in [1.807, 2.05) is 24.9 Å². The van der Waals surface area contributed by atoms with Gasteiger partial charge >= 0.3 is 5.56 Å². The van der Waals surface area contributed by atoms with Gasteiger partial charge in [0.05, 0.1) is 18.5 Å². The number of hydrogen-bond acceptors (Lipinski definition) is 7. The lowest BCUT2D eigenvalue weighted by molar-refractivity contribution is 0.109. The van der Waals surface area contributed by atoms with Crippen LogP contribution in [0.2, 0.25) is 0 Å². The third-order valence-corrected chi connectivity index (χ3v) is 6.67. The summed E-state index contributed by atoms with van der Waals surface area (Å²) in [6.07, 6.45) is 1.63. The van der Waals surface area contributed by atoms with Gasteiger partial charge in [-0.05, 0) is 30.7 Å². The van der Waals surface area contributed by atoms with Crippen LogP contribution in [0.1, 0.15) is 12.5 Å². The molecule has 1 aliphatic heterocycles. The standard InChI is InChI=1S/C25H29FN4O3S/c1-2-32-15-16-33-24-23(18-27-30(25(24)31)22-10-6-9-21(26)17-22)28-11-13-29(14-12-28)34-19-20-7-4-3-5-8-20/h3-10,17-18H,2,11-16,19H2,1H3. The average Bonchev–Trinajstić information content (AvgIpc) is 2.87. The van der Waals surface area contributed by atoms with Crippen LogP contribution in [0.15, 0.2) is 65.6 Å². The van der Waals surface area contributed by atoms with Gasteiger partial charge in [0.15, 0.2) is 0 Å². The minimum Gasteiger partial charge on any atom is -0.484 e. The van der Waals surface area contributed by atoms with Crippen molar-refractivity contribution in [2.24, 2.45) is 0 Å². The predicted molar refractivity (Wildman–Crippen MR) is 133 cm³/mol. The Hall–Kier alpha value is -2.88. The Morgan fingerprint density at radius 3 is 2.56 bits per heavy atom. The van der Waals surface area contributed by atoms with Crippen LogP contribution in [0.5, 0.6) is 5.75 Å². The fourth-order valence-corrected chi connectivity index (χ4v) is 4.67. The first kappa shape index (κ1) is 24.3. The number of anilines is 1. The molecule has 9 heteroatoms. The van der Waals surface area contributed by atoms with Crippen LogP contribution in [-0.2, 0) is 10.5 Å². The molecule has 0 spiro atoms. The quantitative estimate of drug-likeness (QED) is 0.321. The maximum absolute atomic E-state index is 13.7. The van der Waals surface area contributed by atoms with E-state index in [4.69, 9.17) is 9.47 Å². The molecule has 4 rings (SSSR count). The highest BCUT2D eigenvalue weighted by Gasteiger charge is 2.24. The number of halogens is 1. The summed E-state index contributed by atoms with van der Waals surface area (Å²) in [5.74, 6) is 0.709. The largest absolute Gasteiger partial charge is 0.484 e. The van der Waals surface area contributed by atoms with Crippen molar-refractivity contribution in [2.75, 3.05) is 50.9 Å². The van der Waals surface area contributed by atoms with Gasteiger partial charge in [-0.1, -0.05) is 48.3 Å². The van der Waals surface area contributed by atoms with Gasteiger partial charge in [0.2, 0.25) is 5.75 Å². The van der Waals surface area contributed by atoms with Gasteiger partial charge in [0.1, 0.15) is 18.1 Å². The van der Waals surface area contributed by atoms with Gasteiger partial charge in [-0.25, -0.2) is 8.70 Å². The van der Waals surface area contributed by atoms with Gasteiger partial charge in [0, 0.05) is 38.5 Å². The van der Waals surface area contributed by atoms with Crippen LogP contribution >= 0.6 is 11.9 Å². The highest BCUT2D eigenvalue weighted by atomic mass is 32.2. The molecule has 0 N–H and O–H groups in total. The number of aromatic nitrogens is 2. The van der Waals surface area contributed by atoms with Crippen molar-refractivity contribution in [3.8, 4) is 11.4 Å². The monoisotopic (exact) mass is 484 g/mol. The summed E-state index contributed by atoms with van der Waals surface area (Å²) in [5.41, 5.74) is 1.89. The van der Waals surface area contributed by atoms with Crippen LogP contribution in [-0.4, -0.2) is 60.1 Å². The third-order valence-electron chi connectivity index (χ3n) is 5.48. The van der Waals surface area contributed by atoms with Crippen molar-refractivity contribution in [3.63, 3.8) is 0 Å². The molecule has 2 heterocycles. The average molecular weight is 485 g/mol. The molecule has 0 aliphatic carbocycles. The second-order valence-corrected chi connectivity index (χ2v) is 8.84. The first-order chi connectivity index (χ1) is 16.7. The zero-order valence-corrected chi connectivity index (χ0v) is 20.0. The topological polar surface area (TPSA) is 59.8 Å². The number of nitrogens with zero attached hydrogens (tertiary/aromatic N) is 4. The van der Waals surface area contributed by atoms with Crippen LogP contribution < -0.4 is 15.2 Å². The molecule has 180 valence electrons. The van der Waals surface area contributed by atoms with E-state index in [2.05, 4.69) is 38.6 Å². The van der Waals surface area contributed by atoms with Gasteiger partial charge in [0.25, 0.3) is 0 Å². The van der Waals surface area contributed by atoms with Crippen molar-refractivity contribution in [2.45, 2.75) is 12.7 Å². The summed E-state index contributed by atoms with van der Waals surface area (Å²) >= 11 is 1.82. The second kappa shape index (κ2) is 12.0. The molecule has 3 aromatic rings. The lowest BCUT2D eigenvalue weighted by atomic mass is 10.2. The molecule has 1 fully saturated rings. The molecule has 0 amide bonds. The van der Waals surface area contributed by atoms with Gasteiger partial charge in [-0.2, -0.15) is 9.78 Å². The van der Waals surface area contributed by atoms with E-state index in [1.54, 1.807) is 18.3 Å². The maximum Gasteiger partial charge on any atom is 0.316 e. The minimum atomic E-state index is -0.432. The predicted octanol–water partition coefficient (Wildman–Crippen LogP) is 3.76. The molecule has 0 saturated carbocycles. The molecule has 0 radical (unpaired) electrons. The van der Waals surface area contributed by atoms with E-state index < -0.39 is 11.4 Å². The Labute approximate surface area is 203 Å². The van der Waals surface area contributed by atoms with Gasteiger partial charge in [-0.15, -0.1) is 0 Å². The molecule has 0 unspecified atom stereocenters. The summed E-state index contributed by atoms with van der Waals surface area (Å²) in [4.78, 5) is 15.4. The summed E-state index contributed by atoms with van der Waals surface area (Å²) in [6.45, 7) is 6.29. The normalized spacial score (nSPS) is 14.4. The summed E-state index contributed by atoms with van der Waals surface area (Å²) in [6, 6.07) is 16.2. The smallest absolute Gasteiger partial charge is 0.316 e. The Morgan fingerprint density at radius 1 is 1.03 bits per heavy atom. The van der Waals surface area contributed by atoms with Crippen LogP contribution in [0, 0.1) is 5.82 Å². The fourth-order valence-electron chi connectivity index (χ4n) is 3.73. The first-order valence-corrected chi connectivity index (χ1v) is 12.4.